The van der Waals surface area contributed by atoms with Crippen LogP contribution in [0.1, 0.15) is 5.56 Å². The molecule has 12 heteroatoms. The van der Waals surface area contributed by atoms with Crippen LogP contribution in [-0.4, -0.2) is 44.3 Å². The van der Waals surface area contributed by atoms with E-state index in [9.17, 15) is 19.2 Å². The van der Waals surface area contributed by atoms with Gasteiger partial charge < -0.3 is 24.3 Å². The van der Waals surface area contributed by atoms with E-state index in [0.29, 0.717) is 32.1 Å². The number of amides is 5. The van der Waals surface area contributed by atoms with E-state index >= 15 is 0 Å². The first-order valence-electron chi connectivity index (χ1n) is 11.5. The summed E-state index contributed by atoms with van der Waals surface area (Å²) in [6, 6.07) is 15.9. The predicted molar refractivity (Wildman–Crippen MR) is 148 cm³/mol. The number of anilines is 2. The van der Waals surface area contributed by atoms with Gasteiger partial charge in [0.1, 0.15) is 5.57 Å². The summed E-state index contributed by atoms with van der Waals surface area (Å²) in [5.41, 5.74) is 1.03. The van der Waals surface area contributed by atoms with Gasteiger partial charge in [0.15, 0.2) is 29.6 Å². The molecule has 0 saturated carbocycles. The molecule has 2 aliphatic rings. The molecule has 1 fully saturated rings. The molecule has 3 aromatic rings. The van der Waals surface area contributed by atoms with E-state index < -0.39 is 17.8 Å². The number of halogens is 1. The largest absolute Gasteiger partial charge is 0.493 e. The summed E-state index contributed by atoms with van der Waals surface area (Å²) in [6.45, 7) is -0.240. The van der Waals surface area contributed by atoms with Gasteiger partial charge in [0.2, 0.25) is 6.79 Å². The Balaban J connectivity index is 1.37. The fourth-order valence-corrected chi connectivity index (χ4v) is 4.68. The molecule has 0 atom stereocenters. The fourth-order valence-electron chi connectivity index (χ4n) is 3.90. The van der Waals surface area contributed by atoms with Crippen molar-refractivity contribution < 1.29 is 38.1 Å². The highest BCUT2D eigenvalue weighted by Gasteiger charge is 2.37. The van der Waals surface area contributed by atoms with E-state index in [1.807, 2.05) is 28.7 Å². The number of benzene rings is 3. The van der Waals surface area contributed by atoms with Crippen molar-refractivity contribution >= 4 is 63.8 Å². The Bertz CT molecular complexity index is 1520. The highest BCUT2D eigenvalue weighted by atomic mass is 127. The first kappa shape index (κ1) is 26.0. The van der Waals surface area contributed by atoms with Crippen LogP contribution >= 0.6 is 22.6 Å². The van der Waals surface area contributed by atoms with Gasteiger partial charge >= 0.3 is 6.03 Å². The van der Waals surface area contributed by atoms with Crippen LogP contribution in [0.2, 0.25) is 0 Å². The lowest BCUT2D eigenvalue weighted by molar-refractivity contribution is -0.122. The zero-order valence-electron chi connectivity index (χ0n) is 20.4. The number of fused-ring (bicyclic) bond motifs is 1. The van der Waals surface area contributed by atoms with Gasteiger partial charge in [0.25, 0.3) is 17.7 Å². The summed E-state index contributed by atoms with van der Waals surface area (Å²) in [7, 11) is 1.43. The number of carbonyl (C=O) groups is 4. The SMILES string of the molecule is COc1cc(/C=C2\C(=O)NC(=O)N(c3ccc4c(c3)OCO4)C2=O)cc(I)c1OCC(=O)Nc1ccccc1. The van der Waals surface area contributed by atoms with Crippen molar-refractivity contribution in [1.82, 2.24) is 5.32 Å². The first-order valence-corrected chi connectivity index (χ1v) is 12.6. The molecule has 0 unspecified atom stereocenters. The van der Waals surface area contributed by atoms with Crippen molar-refractivity contribution in [2.24, 2.45) is 0 Å². The highest BCUT2D eigenvalue weighted by molar-refractivity contribution is 14.1. The molecule has 0 aromatic heterocycles. The van der Waals surface area contributed by atoms with Crippen LogP contribution in [0.25, 0.3) is 6.08 Å². The van der Waals surface area contributed by atoms with Crippen molar-refractivity contribution in [2.75, 3.05) is 30.7 Å². The van der Waals surface area contributed by atoms with E-state index in [-0.39, 0.29) is 36.3 Å². The maximum absolute atomic E-state index is 13.3. The summed E-state index contributed by atoms with van der Waals surface area (Å²) < 4.78 is 22.3. The van der Waals surface area contributed by atoms with E-state index in [0.717, 1.165) is 4.90 Å². The zero-order chi connectivity index (χ0) is 27.5. The first-order chi connectivity index (χ1) is 18.8. The Hall–Kier alpha value is -4.59. The van der Waals surface area contributed by atoms with Gasteiger partial charge in [0.05, 0.1) is 16.4 Å². The Morgan fingerprint density at radius 1 is 1.08 bits per heavy atom. The third kappa shape index (κ3) is 5.50. The highest BCUT2D eigenvalue weighted by Crippen LogP contribution is 2.37. The molecular formula is C27H20IN3O8. The lowest BCUT2D eigenvalue weighted by Gasteiger charge is -2.26. The van der Waals surface area contributed by atoms with Gasteiger partial charge in [-0.15, -0.1) is 0 Å². The van der Waals surface area contributed by atoms with Gasteiger partial charge in [-0.05, 0) is 70.6 Å². The smallest absolute Gasteiger partial charge is 0.335 e. The number of barbiturate groups is 1. The molecule has 5 amide bonds. The molecule has 2 heterocycles. The summed E-state index contributed by atoms with van der Waals surface area (Å²) in [5.74, 6) is -0.542. The molecule has 2 N–H and O–H groups in total. The van der Waals surface area contributed by atoms with E-state index in [1.54, 1.807) is 42.5 Å². The topological polar surface area (TPSA) is 133 Å². The molecule has 0 radical (unpaired) electrons. The van der Waals surface area contributed by atoms with Crippen LogP contribution in [0.4, 0.5) is 16.2 Å². The number of methoxy groups -OCH3 is 1. The Labute approximate surface area is 235 Å². The third-order valence-electron chi connectivity index (χ3n) is 5.68. The average molecular weight is 641 g/mol. The number of carbonyl (C=O) groups excluding carboxylic acids is 4. The van der Waals surface area contributed by atoms with Crippen molar-refractivity contribution in [3.63, 3.8) is 0 Å². The van der Waals surface area contributed by atoms with Crippen LogP contribution in [-0.2, 0) is 14.4 Å². The van der Waals surface area contributed by atoms with Gasteiger partial charge in [-0.1, -0.05) is 18.2 Å². The van der Waals surface area contributed by atoms with Crippen LogP contribution < -0.4 is 34.5 Å². The second-order valence-corrected chi connectivity index (χ2v) is 9.39. The van der Waals surface area contributed by atoms with Crippen LogP contribution in [0.15, 0.2) is 66.2 Å². The minimum Gasteiger partial charge on any atom is -0.493 e. The van der Waals surface area contributed by atoms with E-state index in [2.05, 4.69) is 10.6 Å². The minimum atomic E-state index is -0.884. The molecule has 2 aliphatic heterocycles. The number of imide groups is 2. The second-order valence-electron chi connectivity index (χ2n) is 8.23. The number of rotatable bonds is 7. The number of nitrogens with zero attached hydrogens (tertiary/aromatic N) is 1. The van der Waals surface area contributed by atoms with Crippen molar-refractivity contribution in [1.29, 1.82) is 0 Å². The number of hydrogen-bond acceptors (Lipinski definition) is 8. The molecule has 0 spiro atoms. The summed E-state index contributed by atoms with van der Waals surface area (Å²) >= 11 is 2.00. The molecule has 0 aliphatic carbocycles. The molecule has 198 valence electrons. The third-order valence-corrected chi connectivity index (χ3v) is 6.49. The zero-order valence-corrected chi connectivity index (χ0v) is 22.5. The average Bonchev–Trinajstić information content (AvgIpc) is 3.39. The summed E-state index contributed by atoms with van der Waals surface area (Å²) in [4.78, 5) is 51.6. The summed E-state index contributed by atoms with van der Waals surface area (Å²) in [6.07, 6.45) is 1.35. The lowest BCUT2D eigenvalue weighted by atomic mass is 10.1. The number of nitrogens with one attached hydrogen (secondary N) is 2. The number of urea groups is 1. The van der Waals surface area contributed by atoms with Gasteiger partial charge in [-0.3, -0.25) is 19.7 Å². The molecule has 1 saturated heterocycles. The molecular weight excluding hydrogens is 621 g/mol. The van der Waals surface area contributed by atoms with Gasteiger partial charge in [0, 0.05) is 11.8 Å². The Morgan fingerprint density at radius 3 is 2.62 bits per heavy atom. The monoisotopic (exact) mass is 641 g/mol. The number of hydrogen-bond donors (Lipinski definition) is 2. The maximum Gasteiger partial charge on any atom is 0.335 e. The molecule has 3 aromatic carbocycles. The van der Waals surface area contributed by atoms with Crippen molar-refractivity contribution in [2.45, 2.75) is 0 Å². The quantitative estimate of drug-likeness (QED) is 0.227. The Morgan fingerprint density at radius 2 is 1.85 bits per heavy atom. The van der Waals surface area contributed by atoms with Crippen molar-refractivity contribution in [3.8, 4) is 23.0 Å². The van der Waals surface area contributed by atoms with Gasteiger partial charge in [-0.2, -0.15) is 0 Å². The number of ether oxygens (including phenoxy) is 4. The normalized spacial score (nSPS) is 15.3. The molecule has 5 rings (SSSR count). The van der Waals surface area contributed by atoms with Crippen molar-refractivity contribution in [3.05, 3.63) is 75.4 Å². The van der Waals surface area contributed by atoms with Crippen LogP contribution in [0.5, 0.6) is 23.0 Å². The maximum atomic E-state index is 13.3. The number of para-hydroxylation sites is 1. The fraction of sp³-hybridized carbons (Fsp3) is 0.111. The summed E-state index contributed by atoms with van der Waals surface area (Å²) in [5, 5.41) is 4.92. The predicted octanol–water partition coefficient (Wildman–Crippen LogP) is 3.71. The van der Waals surface area contributed by atoms with E-state index in [4.69, 9.17) is 18.9 Å². The standard InChI is InChI=1S/C27H20IN3O8/c1-36-22-11-15(10-19(28)24(22)37-13-23(32)29-16-5-3-2-4-6-16)9-18-25(33)30-27(35)31(26(18)34)17-7-8-20-21(12-17)39-14-38-20/h2-12H,13-14H2,1H3,(H,29,32)(H,30,33,35)/b18-9+. The Kier molecular flexibility index (Phi) is 7.36. The van der Waals surface area contributed by atoms with Crippen LogP contribution in [0.3, 0.4) is 0 Å². The molecule has 39 heavy (non-hydrogen) atoms. The van der Waals surface area contributed by atoms with Gasteiger partial charge in [-0.25, -0.2) is 9.69 Å². The second kappa shape index (κ2) is 11.0. The van der Waals surface area contributed by atoms with E-state index in [1.165, 1.54) is 25.3 Å². The van der Waals surface area contributed by atoms with Crippen LogP contribution in [0, 0.1) is 3.57 Å². The lowest BCUT2D eigenvalue weighted by Crippen LogP contribution is -2.54. The molecule has 0 bridgehead atoms. The molecule has 11 nitrogen and oxygen atoms in total. The minimum absolute atomic E-state index is 0.0282.